The van der Waals surface area contributed by atoms with Crippen molar-refractivity contribution < 1.29 is 9.66 Å². The van der Waals surface area contributed by atoms with Gasteiger partial charge < -0.3 is 10.5 Å². The average molecular weight is 273 g/mol. The van der Waals surface area contributed by atoms with Gasteiger partial charge in [0.25, 0.3) is 5.69 Å². The van der Waals surface area contributed by atoms with Crippen LogP contribution in [-0.4, -0.2) is 16.5 Å². The van der Waals surface area contributed by atoms with Crippen LogP contribution in [0.4, 0.5) is 11.5 Å². The number of pyridine rings is 1. The van der Waals surface area contributed by atoms with E-state index in [0.717, 1.165) is 6.42 Å². The van der Waals surface area contributed by atoms with E-state index in [1.165, 1.54) is 12.1 Å². The first-order chi connectivity index (χ1) is 9.63. The van der Waals surface area contributed by atoms with Gasteiger partial charge in [-0.2, -0.15) is 0 Å². The molecule has 2 N–H and O–H groups in total. The molecule has 0 spiro atoms. The summed E-state index contributed by atoms with van der Waals surface area (Å²) in [4.78, 5) is 14.7. The molecular formula is C14H15N3O3. The maximum Gasteiger partial charge on any atom is 0.295 e. The van der Waals surface area contributed by atoms with Crippen LogP contribution in [0.25, 0.3) is 11.3 Å². The third-order valence-corrected chi connectivity index (χ3v) is 2.70. The predicted octanol–water partition coefficient (Wildman–Crippen LogP) is 3.03. The molecule has 20 heavy (non-hydrogen) atoms. The van der Waals surface area contributed by atoms with Gasteiger partial charge in [-0.1, -0.05) is 19.1 Å². The van der Waals surface area contributed by atoms with Crippen LogP contribution in [0.3, 0.4) is 0 Å². The van der Waals surface area contributed by atoms with Crippen LogP contribution in [0.2, 0.25) is 0 Å². The van der Waals surface area contributed by atoms with Crippen molar-refractivity contribution in [2.24, 2.45) is 0 Å². The van der Waals surface area contributed by atoms with Crippen molar-refractivity contribution in [1.82, 2.24) is 4.98 Å². The first-order valence-corrected chi connectivity index (χ1v) is 6.26. The fraction of sp³-hybridized carbons (Fsp3) is 0.214. The van der Waals surface area contributed by atoms with Gasteiger partial charge in [-0.3, -0.25) is 10.1 Å². The molecule has 1 heterocycles. The summed E-state index contributed by atoms with van der Waals surface area (Å²) in [6.07, 6.45) is 0.848. The Kier molecular flexibility index (Phi) is 4.14. The molecule has 0 aliphatic rings. The monoisotopic (exact) mass is 273 g/mol. The number of hydrogen-bond donors (Lipinski definition) is 1. The summed E-state index contributed by atoms with van der Waals surface area (Å²) in [5.74, 6) is 0.798. The van der Waals surface area contributed by atoms with Crippen molar-refractivity contribution in [3.63, 3.8) is 0 Å². The standard InChI is InChI=1S/C14H15N3O3/c1-2-9-20-12-6-4-3-5-10(12)14-11(17(18)19)7-8-13(15)16-14/h3-8H,2,9H2,1H3,(H2,15,16). The number of hydrogen-bond acceptors (Lipinski definition) is 5. The second-order valence-corrected chi connectivity index (χ2v) is 4.21. The third-order valence-electron chi connectivity index (χ3n) is 2.70. The Morgan fingerprint density at radius 3 is 2.75 bits per heavy atom. The van der Waals surface area contributed by atoms with Crippen LogP contribution in [0.1, 0.15) is 13.3 Å². The molecule has 0 bridgehead atoms. The summed E-state index contributed by atoms with van der Waals surface area (Å²) in [7, 11) is 0. The maximum atomic E-state index is 11.1. The quantitative estimate of drug-likeness (QED) is 0.667. The maximum absolute atomic E-state index is 11.1. The van der Waals surface area contributed by atoms with E-state index in [1.54, 1.807) is 18.2 Å². The summed E-state index contributed by atoms with van der Waals surface area (Å²) in [5.41, 5.74) is 6.34. The Morgan fingerprint density at radius 2 is 2.05 bits per heavy atom. The molecule has 0 fully saturated rings. The normalized spacial score (nSPS) is 10.2. The van der Waals surface area contributed by atoms with Gasteiger partial charge in [-0.15, -0.1) is 0 Å². The molecule has 0 aliphatic carbocycles. The van der Waals surface area contributed by atoms with E-state index in [-0.39, 0.29) is 17.2 Å². The number of nitrogens with zero attached hydrogens (tertiary/aromatic N) is 2. The van der Waals surface area contributed by atoms with Crippen molar-refractivity contribution in [3.8, 4) is 17.0 Å². The van der Waals surface area contributed by atoms with Crippen LogP contribution in [0.5, 0.6) is 5.75 Å². The molecule has 0 saturated heterocycles. The van der Waals surface area contributed by atoms with Crippen molar-refractivity contribution in [3.05, 3.63) is 46.5 Å². The third kappa shape index (κ3) is 2.85. The van der Waals surface area contributed by atoms with E-state index < -0.39 is 4.92 Å². The van der Waals surface area contributed by atoms with Crippen LogP contribution < -0.4 is 10.5 Å². The van der Waals surface area contributed by atoms with Crippen LogP contribution in [-0.2, 0) is 0 Å². The topological polar surface area (TPSA) is 91.3 Å². The molecule has 0 aliphatic heterocycles. The highest BCUT2D eigenvalue weighted by molar-refractivity contribution is 5.75. The van der Waals surface area contributed by atoms with Crippen molar-refractivity contribution >= 4 is 11.5 Å². The second kappa shape index (κ2) is 6.01. The van der Waals surface area contributed by atoms with Crippen molar-refractivity contribution in [1.29, 1.82) is 0 Å². The van der Waals surface area contributed by atoms with Gasteiger partial charge in [-0.05, 0) is 24.6 Å². The molecular weight excluding hydrogens is 258 g/mol. The van der Waals surface area contributed by atoms with Gasteiger partial charge in [0.2, 0.25) is 0 Å². The van der Waals surface area contributed by atoms with E-state index >= 15 is 0 Å². The number of rotatable bonds is 5. The number of ether oxygens (including phenoxy) is 1. The molecule has 6 heteroatoms. The van der Waals surface area contributed by atoms with Gasteiger partial charge in [-0.25, -0.2) is 4.98 Å². The first kappa shape index (κ1) is 13.8. The Hall–Kier alpha value is -2.63. The van der Waals surface area contributed by atoms with E-state index in [4.69, 9.17) is 10.5 Å². The molecule has 0 saturated carbocycles. The highest BCUT2D eigenvalue weighted by Crippen LogP contribution is 2.35. The van der Waals surface area contributed by atoms with Crippen LogP contribution in [0, 0.1) is 10.1 Å². The number of para-hydroxylation sites is 1. The SMILES string of the molecule is CCCOc1ccccc1-c1nc(N)ccc1[N+](=O)[O-]. The fourth-order valence-corrected chi connectivity index (χ4v) is 1.81. The Balaban J connectivity index is 2.56. The van der Waals surface area contributed by atoms with Crippen LogP contribution >= 0.6 is 0 Å². The highest BCUT2D eigenvalue weighted by atomic mass is 16.6. The zero-order valence-electron chi connectivity index (χ0n) is 11.1. The Labute approximate surface area is 116 Å². The van der Waals surface area contributed by atoms with E-state index in [0.29, 0.717) is 17.9 Å². The summed E-state index contributed by atoms with van der Waals surface area (Å²) in [6, 6.07) is 9.86. The number of anilines is 1. The van der Waals surface area contributed by atoms with Crippen molar-refractivity contribution in [2.45, 2.75) is 13.3 Å². The lowest BCUT2D eigenvalue weighted by Gasteiger charge is -2.10. The molecule has 6 nitrogen and oxygen atoms in total. The smallest absolute Gasteiger partial charge is 0.295 e. The van der Waals surface area contributed by atoms with Gasteiger partial charge in [0.15, 0.2) is 5.69 Å². The molecule has 1 aromatic carbocycles. The first-order valence-electron chi connectivity index (χ1n) is 6.26. The minimum atomic E-state index is -0.474. The molecule has 2 aromatic rings. The Morgan fingerprint density at radius 1 is 1.30 bits per heavy atom. The summed E-state index contributed by atoms with van der Waals surface area (Å²) in [6.45, 7) is 2.52. The van der Waals surface area contributed by atoms with E-state index in [9.17, 15) is 10.1 Å². The lowest BCUT2D eigenvalue weighted by atomic mass is 10.1. The lowest BCUT2D eigenvalue weighted by molar-refractivity contribution is -0.384. The molecule has 0 unspecified atom stereocenters. The zero-order valence-corrected chi connectivity index (χ0v) is 11.1. The van der Waals surface area contributed by atoms with Gasteiger partial charge in [0.1, 0.15) is 11.6 Å². The number of nitrogens with two attached hydrogens (primary N) is 1. The lowest BCUT2D eigenvalue weighted by Crippen LogP contribution is -2.01. The number of aromatic nitrogens is 1. The van der Waals surface area contributed by atoms with Crippen LogP contribution in [0.15, 0.2) is 36.4 Å². The van der Waals surface area contributed by atoms with Crippen molar-refractivity contribution in [2.75, 3.05) is 12.3 Å². The fourth-order valence-electron chi connectivity index (χ4n) is 1.81. The largest absolute Gasteiger partial charge is 0.493 e. The second-order valence-electron chi connectivity index (χ2n) is 4.21. The summed E-state index contributed by atoms with van der Waals surface area (Å²) in [5, 5.41) is 11.1. The number of nitrogen functional groups attached to an aromatic ring is 1. The summed E-state index contributed by atoms with van der Waals surface area (Å²) < 4.78 is 5.61. The highest BCUT2D eigenvalue weighted by Gasteiger charge is 2.20. The number of nitro groups is 1. The average Bonchev–Trinajstić information content (AvgIpc) is 2.45. The Bertz CT molecular complexity index is 629. The minimum Gasteiger partial charge on any atom is -0.493 e. The molecule has 2 rings (SSSR count). The van der Waals surface area contributed by atoms with E-state index in [1.807, 2.05) is 13.0 Å². The molecule has 104 valence electrons. The van der Waals surface area contributed by atoms with Gasteiger partial charge >= 0.3 is 0 Å². The predicted molar refractivity (Wildman–Crippen MR) is 76.5 cm³/mol. The van der Waals surface area contributed by atoms with Gasteiger partial charge in [0, 0.05) is 11.6 Å². The van der Waals surface area contributed by atoms with Gasteiger partial charge in [0.05, 0.1) is 11.5 Å². The minimum absolute atomic E-state index is 0.0910. The molecule has 0 atom stereocenters. The number of benzene rings is 1. The summed E-state index contributed by atoms with van der Waals surface area (Å²) >= 11 is 0. The van der Waals surface area contributed by atoms with E-state index in [2.05, 4.69) is 4.98 Å². The molecule has 1 aromatic heterocycles. The molecule has 0 radical (unpaired) electrons. The zero-order chi connectivity index (χ0) is 14.5. The molecule has 0 amide bonds.